The van der Waals surface area contributed by atoms with Crippen LogP contribution < -0.4 is 5.56 Å². The van der Waals surface area contributed by atoms with Gasteiger partial charge in [0.15, 0.2) is 0 Å². The number of rotatable bonds is 4. The lowest BCUT2D eigenvalue weighted by Gasteiger charge is -2.06. The van der Waals surface area contributed by atoms with Crippen molar-refractivity contribution in [2.24, 2.45) is 0 Å². The van der Waals surface area contributed by atoms with Gasteiger partial charge in [0.05, 0.1) is 16.6 Å². The second-order valence-corrected chi connectivity index (χ2v) is 7.93. The van der Waals surface area contributed by atoms with Crippen molar-refractivity contribution < 1.29 is 0 Å². The highest BCUT2D eigenvalue weighted by Crippen LogP contribution is 2.24. The van der Waals surface area contributed by atoms with E-state index in [2.05, 4.69) is 30.2 Å². The molecule has 0 aliphatic heterocycles. The van der Waals surface area contributed by atoms with Crippen molar-refractivity contribution in [3.8, 4) is 5.95 Å². The Morgan fingerprint density at radius 1 is 1.03 bits per heavy atom. The molecule has 144 valence electrons. The van der Waals surface area contributed by atoms with E-state index in [1.54, 1.807) is 17.6 Å². The zero-order valence-corrected chi connectivity index (χ0v) is 17.0. The van der Waals surface area contributed by atoms with Crippen molar-refractivity contribution >= 4 is 40.2 Å². The van der Waals surface area contributed by atoms with Gasteiger partial charge in [-0.05, 0) is 43.1 Å². The van der Waals surface area contributed by atoms with Gasteiger partial charge >= 0.3 is 0 Å². The third-order valence-electron chi connectivity index (χ3n) is 4.31. The van der Waals surface area contributed by atoms with Crippen LogP contribution in [0.2, 0.25) is 0 Å². The van der Waals surface area contributed by atoms with E-state index in [1.807, 2.05) is 42.7 Å². The molecule has 0 spiro atoms. The number of nitrogens with zero attached hydrogens (tertiary/aromatic N) is 7. The molecule has 11 heteroatoms. The van der Waals surface area contributed by atoms with E-state index in [9.17, 15) is 4.79 Å². The summed E-state index contributed by atoms with van der Waals surface area (Å²) in [7, 11) is 0. The molecule has 0 unspecified atom stereocenters. The summed E-state index contributed by atoms with van der Waals surface area (Å²) in [6.07, 6.45) is 3.55. The molecule has 1 N–H and O–H groups in total. The van der Waals surface area contributed by atoms with E-state index in [0.717, 1.165) is 4.90 Å². The third-order valence-corrected chi connectivity index (χ3v) is 5.73. The van der Waals surface area contributed by atoms with Crippen LogP contribution in [0.25, 0.3) is 22.6 Å². The number of aromatic amines is 1. The predicted octanol–water partition coefficient (Wildman–Crippen LogP) is 2.73. The number of pyridine rings is 1. The summed E-state index contributed by atoms with van der Waals surface area (Å²) >= 11 is 2.84. The van der Waals surface area contributed by atoms with E-state index in [0.29, 0.717) is 38.6 Å². The fraction of sp³-hybridized carbons (Fsp3) is 0.111. The first-order valence-corrected chi connectivity index (χ1v) is 10.7. The minimum absolute atomic E-state index is 0.247. The van der Waals surface area contributed by atoms with E-state index in [-0.39, 0.29) is 5.56 Å². The van der Waals surface area contributed by atoms with Crippen molar-refractivity contribution in [3.63, 3.8) is 0 Å². The highest BCUT2D eigenvalue weighted by molar-refractivity contribution is 7.99. The van der Waals surface area contributed by atoms with Crippen LogP contribution in [0.4, 0.5) is 0 Å². The SMILES string of the molecule is CSc1nc2nc(C)c3c(=O)n(-c4nc(Sc5ccccc5)n[nH]4)ccc3n2n1. The largest absolute Gasteiger partial charge is 0.268 e. The lowest BCUT2D eigenvalue weighted by Crippen LogP contribution is -2.21. The molecule has 9 nitrogen and oxygen atoms in total. The Balaban J connectivity index is 1.61. The number of aromatic nitrogens is 8. The van der Waals surface area contributed by atoms with Crippen molar-refractivity contribution in [1.82, 2.24) is 39.3 Å². The molecule has 0 bridgehead atoms. The molecule has 0 saturated carbocycles. The maximum Gasteiger partial charge on any atom is 0.268 e. The summed E-state index contributed by atoms with van der Waals surface area (Å²) in [5, 5.41) is 13.1. The van der Waals surface area contributed by atoms with Gasteiger partial charge in [-0.1, -0.05) is 30.0 Å². The number of H-pyrrole nitrogens is 1. The minimum atomic E-state index is -0.247. The first kappa shape index (κ1) is 17.9. The van der Waals surface area contributed by atoms with Crippen molar-refractivity contribution in [1.29, 1.82) is 0 Å². The average molecular weight is 422 g/mol. The van der Waals surface area contributed by atoms with Crippen LogP contribution in [0.5, 0.6) is 0 Å². The van der Waals surface area contributed by atoms with Crippen molar-refractivity contribution in [3.05, 3.63) is 58.6 Å². The van der Waals surface area contributed by atoms with Gasteiger partial charge in [-0.2, -0.15) is 14.5 Å². The Kier molecular flexibility index (Phi) is 4.32. The summed E-state index contributed by atoms with van der Waals surface area (Å²) < 4.78 is 3.02. The first-order valence-electron chi connectivity index (χ1n) is 8.62. The number of hydrogen-bond donors (Lipinski definition) is 1. The number of nitrogens with one attached hydrogen (secondary N) is 1. The molecular formula is C18H14N8OS2. The molecule has 0 fully saturated rings. The van der Waals surface area contributed by atoms with Gasteiger partial charge in [0.1, 0.15) is 0 Å². The normalized spacial score (nSPS) is 11.5. The van der Waals surface area contributed by atoms with E-state index < -0.39 is 0 Å². The molecule has 5 rings (SSSR count). The lowest BCUT2D eigenvalue weighted by atomic mass is 10.2. The molecule has 29 heavy (non-hydrogen) atoms. The maximum absolute atomic E-state index is 13.2. The van der Waals surface area contributed by atoms with Gasteiger partial charge in [-0.3, -0.25) is 9.36 Å². The Bertz CT molecular complexity index is 1410. The number of fused-ring (bicyclic) bond motifs is 3. The molecule has 4 aromatic heterocycles. The van der Waals surface area contributed by atoms with Crippen LogP contribution >= 0.6 is 23.5 Å². The second kappa shape index (κ2) is 7.01. The molecule has 0 aliphatic rings. The Labute approximate surface area is 172 Å². The van der Waals surface area contributed by atoms with Crippen LogP contribution in [0.3, 0.4) is 0 Å². The number of aryl methyl sites for hydroxylation is 1. The summed E-state index contributed by atoms with van der Waals surface area (Å²) in [5.41, 5.74) is 0.994. The summed E-state index contributed by atoms with van der Waals surface area (Å²) in [6.45, 7) is 1.79. The smallest absolute Gasteiger partial charge is 0.268 e. The summed E-state index contributed by atoms with van der Waals surface area (Å²) in [4.78, 5) is 27.5. The van der Waals surface area contributed by atoms with E-state index in [4.69, 9.17) is 0 Å². The Hall–Kier alpha value is -3.18. The van der Waals surface area contributed by atoms with Crippen LogP contribution in [-0.2, 0) is 0 Å². The van der Waals surface area contributed by atoms with Gasteiger partial charge in [0.25, 0.3) is 11.3 Å². The fourth-order valence-corrected chi connectivity index (χ4v) is 4.07. The van der Waals surface area contributed by atoms with Crippen molar-refractivity contribution in [2.45, 2.75) is 22.1 Å². The van der Waals surface area contributed by atoms with Gasteiger partial charge in [0.2, 0.25) is 16.3 Å². The zero-order valence-electron chi connectivity index (χ0n) is 15.4. The Morgan fingerprint density at radius 2 is 1.86 bits per heavy atom. The number of thioether (sulfide) groups is 1. The molecular weight excluding hydrogens is 408 g/mol. The predicted molar refractivity (Wildman–Crippen MR) is 111 cm³/mol. The second-order valence-electron chi connectivity index (χ2n) is 6.12. The van der Waals surface area contributed by atoms with Crippen LogP contribution in [-0.4, -0.2) is 45.6 Å². The van der Waals surface area contributed by atoms with E-state index in [1.165, 1.54) is 28.1 Å². The van der Waals surface area contributed by atoms with Gasteiger partial charge < -0.3 is 0 Å². The van der Waals surface area contributed by atoms with Crippen LogP contribution in [0.15, 0.2) is 62.6 Å². The lowest BCUT2D eigenvalue weighted by molar-refractivity contribution is 0.880. The van der Waals surface area contributed by atoms with Gasteiger partial charge in [-0.15, -0.1) is 10.2 Å². The minimum Gasteiger partial charge on any atom is -0.268 e. The number of hydrogen-bond acceptors (Lipinski definition) is 8. The molecule has 0 radical (unpaired) electrons. The molecule has 0 aliphatic carbocycles. The molecule has 4 heterocycles. The van der Waals surface area contributed by atoms with E-state index >= 15 is 0 Å². The fourth-order valence-electron chi connectivity index (χ4n) is 3.01. The monoisotopic (exact) mass is 422 g/mol. The standard InChI is InChI=1S/C18H14N8OS2/c1-10-13-12(26-15(19-10)20-18(24-26)28-2)8-9-25(14(13)27)16-21-17(23-22-16)29-11-6-4-3-5-7-11/h3-9H,1-2H3,(H,21,22,23). The number of benzene rings is 1. The molecule has 1 aromatic carbocycles. The molecule has 5 aromatic rings. The highest BCUT2D eigenvalue weighted by Gasteiger charge is 2.16. The van der Waals surface area contributed by atoms with Gasteiger partial charge in [0, 0.05) is 11.1 Å². The topological polar surface area (TPSA) is 107 Å². The van der Waals surface area contributed by atoms with Gasteiger partial charge in [-0.25, -0.2) is 10.1 Å². The van der Waals surface area contributed by atoms with Crippen molar-refractivity contribution in [2.75, 3.05) is 6.26 Å². The molecule has 0 amide bonds. The van der Waals surface area contributed by atoms with Crippen LogP contribution in [0.1, 0.15) is 5.69 Å². The highest BCUT2D eigenvalue weighted by atomic mass is 32.2. The average Bonchev–Trinajstić information content (AvgIpc) is 3.35. The summed E-state index contributed by atoms with van der Waals surface area (Å²) in [6, 6.07) is 11.6. The quantitative estimate of drug-likeness (QED) is 0.441. The Morgan fingerprint density at radius 3 is 2.66 bits per heavy atom. The molecule has 0 atom stereocenters. The third kappa shape index (κ3) is 3.08. The van der Waals surface area contributed by atoms with Crippen LogP contribution in [0, 0.1) is 6.92 Å². The molecule has 0 saturated heterocycles. The first-order chi connectivity index (χ1) is 14.1. The maximum atomic E-state index is 13.2. The zero-order chi connectivity index (χ0) is 20.0. The summed E-state index contributed by atoms with van der Waals surface area (Å²) in [5.74, 6) is 0.816.